The van der Waals surface area contributed by atoms with Crippen molar-refractivity contribution in [3.63, 3.8) is 0 Å². The van der Waals surface area contributed by atoms with Crippen molar-refractivity contribution in [3.05, 3.63) is 59.7 Å². The molecule has 5 heteroatoms. The number of esters is 1. The number of hydrazine groups is 1. The highest BCUT2D eigenvalue weighted by molar-refractivity contribution is 5.95. The molecule has 0 saturated heterocycles. The Morgan fingerprint density at radius 3 is 2.08 bits per heavy atom. The van der Waals surface area contributed by atoms with Gasteiger partial charge < -0.3 is 4.74 Å². The molecule has 24 heavy (non-hydrogen) atoms. The van der Waals surface area contributed by atoms with Gasteiger partial charge in [0.05, 0.1) is 18.0 Å². The van der Waals surface area contributed by atoms with Crippen LogP contribution in [0.25, 0.3) is 0 Å². The lowest BCUT2D eigenvalue weighted by molar-refractivity contribution is -0.145. The summed E-state index contributed by atoms with van der Waals surface area (Å²) in [5.41, 5.74) is 7.03. The maximum absolute atomic E-state index is 12.3. The van der Waals surface area contributed by atoms with Gasteiger partial charge in [-0.3, -0.25) is 20.0 Å². The number of rotatable bonds is 4. The van der Waals surface area contributed by atoms with Crippen LogP contribution in [0.15, 0.2) is 48.5 Å². The van der Waals surface area contributed by atoms with Crippen molar-refractivity contribution in [2.75, 3.05) is 11.6 Å². The minimum absolute atomic E-state index is 0.265. The second-order valence-electron chi connectivity index (χ2n) is 5.61. The fraction of sp³-hybridized carbons (Fsp3) is 0.263. The maximum atomic E-state index is 12.3. The van der Waals surface area contributed by atoms with Crippen LogP contribution in [0.3, 0.4) is 0 Å². The molecular formula is C19H20N2O3. The molecule has 1 amide bonds. The largest absolute Gasteiger partial charge is 0.466 e. The summed E-state index contributed by atoms with van der Waals surface area (Å²) in [4.78, 5) is 23.8. The van der Waals surface area contributed by atoms with E-state index in [0.717, 1.165) is 35.3 Å². The average molecular weight is 324 g/mol. The van der Waals surface area contributed by atoms with Crippen LogP contribution in [-0.2, 0) is 27.2 Å². The number of benzene rings is 2. The molecule has 0 saturated carbocycles. The van der Waals surface area contributed by atoms with E-state index in [2.05, 4.69) is 17.6 Å². The van der Waals surface area contributed by atoms with Gasteiger partial charge in [-0.2, -0.15) is 0 Å². The third-order valence-electron chi connectivity index (χ3n) is 3.98. The number of hydrogen-bond acceptors (Lipinski definition) is 4. The quantitative estimate of drug-likeness (QED) is 0.694. The molecular weight excluding hydrogens is 304 g/mol. The Kier molecular flexibility index (Phi) is 4.79. The van der Waals surface area contributed by atoms with E-state index in [4.69, 9.17) is 4.74 Å². The highest BCUT2D eigenvalue weighted by Crippen LogP contribution is 2.34. The van der Waals surface area contributed by atoms with E-state index < -0.39 is 5.97 Å². The monoisotopic (exact) mass is 324 g/mol. The summed E-state index contributed by atoms with van der Waals surface area (Å²) in [6.45, 7) is 1.98. The van der Waals surface area contributed by atoms with Crippen LogP contribution in [0.5, 0.6) is 0 Å². The molecule has 0 aliphatic carbocycles. The van der Waals surface area contributed by atoms with Crippen molar-refractivity contribution in [1.82, 2.24) is 5.43 Å². The van der Waals surface area contributed by atoms with Crippen LogP contribution in [-0.4, -0.2) is 18.5 Å². The maximum Gasteiger partial charge on any atom is 0.315 e. The standard InChI is InChI=1S/C19H20N2O3/c1-2-24-19(23)13-18(22)20-21-16-9-5-3-7-14(16)11-12-15-8-4-6-10-17(15)21/h3-10H,2,11-13H2,1H3,(H,20,22). The van der Waals surface area contributed by atoms with E-state index in [1.165, 1.54) is 0 Å². The SMILES string of the molecule is CCOC(=O)CC(=O)NN1c2ccccc2CCc2ccccc21. The summed E-state index contributed by atoms with van der Waals surface area (Å²) in [5, 5.41) is 1.78. The second kappa shape index (κ2) is 7.17. The van der Waals surface area contributed by atoms with E-state index in [1.807, 2.05) is 36.4 Å². The van der Waals surface area contributed by atoms with Gasteiger partial charge in [-0.25, -0.2) is 0 Å². The normalized spacial score (nSPS) is 12.6. The van der Waals surface area contributed by atoms with Crippen molar-refractivity contribution < 1.29 is 14.3 Å². The van der Waals surface area contributed by atoms with Gasteiger partial charge in [0.2, 0.25) is 5.91 Å². The predicted octanol–water partition coefficient (Wildman–Crippen LogP) is 2.91. The Morgan fingerprint density at radius 1 is 1.00 bits per heavy atom. The van der Waals surface area contributed by atoms with Crippen molar-refractivity contribution in [1.29, 1.82) is 0 Å². The zero-order chi connectivity index (χ0) is 16.9. The van der Waals surface area contributed by atoms with Crippen molar-refractivity contribution in [3.8, 4) is 0 Å². The van der Waals surface area contributed by atoms with Crippen LogP contribution in [0, 0.1) is 0 Å². The Labute approximate surface area is 141 Å². The van der Waals surface area contributed by atoms with Crippen LogP contribution < -0.4 is 10.4 Å². The van der Waals surface area contributed by atoms with Crippen molar-refractivity contribution >= 4 is 23.3 Å². The molecule has 0 fully saturated rings. The average Bonchev–Trinajstić information content (AvgIpc) is 2.73. The first-order valence-corrected chi connectivity index (χ1v) is 8.10. The Hall–Kier alpha value is -2.82. The van der Waals surface area contributed by atoms with E-state index >= 15 is 0 Å². The molecule has 0 bridgehead atoms. The molecule has 1 aliphatic rings. The third kappa shape index (κ3) is 3.40. The van der Waals surface area contributed by atoms with Crippen LogP contribution in [0.4, 0.5) is 11.4 Å². The molecule has 3 rings (SSSR count). The molecule has 1 aliphatic heterocycles. The van der Waals surface area contributed by atoms with Gasteiger partial charge in [-0.15, -0.1) is 0 Å². The van der Waals surface area contributed by atoms with Gasteiger partial charge in [-0.05, 0) is 43.0 Å². The number of amides is 1. The van der Waals surface area contributed by atoms with E-state index in [9.17, 15) is 9.59 Å². The molecule has 124 valence electrons. The first kappa shape index (κ1) is 16.1. The van der Waals surface area contributed by atoms with Crippen molar-refractivity contribution in [2.24, 2.45) is 0 Å². The van der Waals surface area contributed by atoms with Crippen LogP contribution in [0.1, 0.15) is 24.5 Å². The molecule has 0 aromatic heterocycles. The van der Waals surface area contributed by atoms with Gasteiger partial charge in [-0.1, -0.05) is 36.4 Å². The summed E-state index contributed by atoms with van der Waals surface area (Å²) in [7, 11) is 0. The minimum Gasteiger partial charge on any atom is -0.466 e. The van der Waals surface area contributed by atoms with Crippen LogP contribution in [0.2, 0.25) is 0 Å². The molecule has 1 N–H and O–H groups in total. The number of fused-ring (bicyclic) bond motifs is 2. The summed E-state index contributed by atoms with van der Waals surface area (Å²) in [5.74, 6) is -0.911. The number of para-hydroxylation sites is 2. The predicted molar refractivity (Wildman–Crippen MR) is 91.8 cm³/mol. The molecule has 0 radical (unpaired) electrons. The number of nitrogens with zero attached hydrogens (tertiary/aromatic N) is 1. The number of carbonyl (C=O) groups excluding carboxylic acids is 2. The number of ether oxygens (including phenoxy) is 1. The van der Waals surface area contributed by atoms with Crippen molar-refractivity contribution in [2.45, 2.75) is 26.2 Å². The lowest BCUT2D eigenvalue weighted by Crippen LogP contribution is -2.40. The fourth-order valence-corrected chi connectivity index (χ4v) is 2.91. The number of anilines is 2. The van der Waals surface area contributed by atoms with E-state index in [0.29, 0.717) is 0 Å². The number of aryl methyl sites for hydroxylation is 2. The summed E-state index contributed by atoms with van der Waals surface area (Å²) in [6.07, 6.45) is 1.50. The zero-order valence-electron chi connectivity index (χ0n) is 13.6. The molecule has 2 aromatic carbocycles. The van der Waals surface area contributed by atoms with Crippen LogP contribution >= 0.6 is 0 Å². The molecule has 1 heterocycles. The number of hydrogen-bond donors (Lipinski definition) is 1. The minimum atomic E-state index is -0.522. The Bertz CT molecular complexity index is 710. The van der Waals surface area contributed by atoms with Gasteiger partial charge in [0.25, 0.3) is 0 Å². The summed E-state index contributed by atoms with van der Waals surface area (Å²) < 4.78 is 4.85. The molecule has 0 atom stereocenters. The topological polar surface area (TPSA) is 58.6 Å². The molecule has 5 nitrogen and oxygen atoms in total. The zero-order valence-corrected chi connectivity index (χ0v) is 13.6. The molecule has 0 unspecified atom stereocenters. The van der Waals surface area contributed by atoms with Gasteiger partial charge in [0.1, 0.15) is 6.42 Å². The number of carbonyl (C=O) groups is 2. The summed E-state index contributed by atoms with van der Waals surface area (Å²) >= 11 is 0. The third-order valence-corrected chi connectivity index (χ3v) is 3.98. The Morgan fingerprint density at radius 2 is 1.54 bits per heavy atom. The van der Waals surface area contributed by atoms with E-state index in [-0.39, 0.29) is 18.9 Å². The first-order valence-electron chi connectivity index (χ1n) is 8.10. The number of nitrogens with one attached hydrogen (secondary N) is 1. The van der Waals surface area contributed by atoms with Gasteiger partial charge in [0, 0.05) is 0 Å². The lowest BCUT2D eigenvalue weighted by Gasteiger charge is -2.27. The highest BCUT2D eigenvalue weighted by Gasteiger charge is 2.22. The Balaban J connectivity index is 1.91. The summed E-state index contributed by atoms with van der Waals surface area (Å²) in [6, 6.07) is 15.9. The van der Waals surface area contributed by atoms with Gasteiger partial charge >= 0.3 is 5.97 Å². The molecule has 2 aromatic rings. The smallest absolute Gasteiger partial charge is 0.315 e. The second-order valence-corrected chi connectivity index (χ2v) is 5.61. The fourth-order valence-electron chi connectivity index (χ4n) is 2.91. The first-order chi connectivity index (χ1) is 11.7. The lowest BCUT2D eigenvalue weighted by atomic mass is 10.0. The van der Waals surface area contributed by atoms with Gasteiger partial charge in [0.15, 0.2) is 0 Å². The highest BCUT2D eigenvalue weighted by atomic mass is 16.5. The molecule has 0 spiro atoms. The van der Waals surface area contributed by atoms with E-state index in [1.54, 1.807) is 11.9 Å².